The molecule has 0 fully saturated rings. The van der Waals surface area contributed by atoms with Crippen molar-refractivity contribution >= 4 is 11.2 Å². The zero-order valence-corrected chi connectivity index (χ0v) is 16.3. The van der Waals surface area contributed by atoms with Crippen LogP contribution in [0.15, 0.2) is 47.4 Å². The van der Waals surface area contributed by atoms with Gasteiger partial charge in [0.1, 0.15) is 5.65 Å². The van der Waals surface area contributed by atoms with Crippen LogP contribution in [-0.2, 0) is 0 Å². The highest BCUT2D eigenvalue weighted by Gasteiger charge is 2.13. The lowest BCUT2D eigenvalue weighted by Crippen LogP contribution is -2.21. The van der Waals surface area contributed by atoms with Crippen LogP contribution in [0.2, 0.25) is 0 Å². The summed E-state index contributed by atoms with van der Waals surface area (Å²) in [4.78, 5) is 17.6. The number of benzene rings is 1. The third-order valence-electron chi connectivity index (χ3n) is 5.10. The number of hydrogen-bond acceptors (Lipinski definition) is 5. The minimum atomic E-state index is -0.106. The van der Waals surface area contributed by atoms with Crippen molar-refractivity contribution in [3.05, 3.63) is 64.1 Å². The maximum Gasteiger partial charge on any atom is 0.258 e. The van der Waals surface area contributed by atoms with Crippen LogP contribution >= 0.6 is 0 Å². The predicted molar refractivity (Wildman–Crippen MR) is 110 cm³/mol. The summed E-state index contributed by atoms with van der Waals surface area (Å²) in [5.74, 6) is 1.24. The summed E-state index contributed by atoms with van der Waals surface area (Å²) in [7, 11) is 3.18. The van der Waals surface area contributed by atoms with Crippen LogP contribution < -0.4 is 20.3 Å². The molecular weight excluding hydrogens is 354 g/mol. The van der Waals surface area contributed by atoms with E-state index in [1.165, 1.54) is 5.57 Å². The number of fused-ring (bicyclic) bond motifs is 1. The first-order chi connectivity index (χ1) is 13.6. The maximum absolute atomic E-state index is 12.8. The summed E-state index contributed by atoms with van der Waals surface area (Å²) in [6.07, 6.45) is 5.06. The standard InChI is InChI=1S/C22H23N3O3/c1-14-10-21-24-18(16-4-5-19(27-2)20(11-16)28-3)12-22(26)25(21)13-17(14)15-6-8-23-9-7-15/h4-6,10-13,23H,7-9H2,1-3H3. The fourth-order valence-electron chi connectivity index (χ4n) is 3.59. The van der Waals surface area contributed by atoms with Crippen LogP contribution in [0, 0.1) is 6.92 Å². The molecule has 144 valence electrons. The van der Waals surface area contributed by atoms with E-state index in [2.05, 4.69) is 18.3 Å². The van der Waals surface area contributed by atoms with E-state index in [1.807, 2.05) is 30.5 Å². The van der Waals surface area contributed by atoms with Crippen LogP contribution in [0.4, 0.5) is 0 Å². The molecule has 1 N–H and O–H groups in total. The first-order valence-electron chi connectivity index (χ1n) is 9.27. The lowest BCUT2D eigenvalue weighted by Gasteiger charge is -2.17. The number of aromatic nitrogens is 2. The van der Waals surface area contributed by atoms with Gasteiger partial charge in [-0.15, -0.1) is 0 Å². The average molecular weight is 377 g/mol. The van der Waals surface area contributed by atoms with Gasteiger partial charge in [0.15, 0.2) is 11.5 Å². The van der Waals surface area contributed by atoms with Crippen LogP contribution in [0.5, 0.6) is 11.5 Å². The summed E-state index contributed by atoms with van der Waals surface area (Å²) in [6, 6.07) is 9.06. The summed E-state index contributed by atoms with van der Waals surface area (Å²) >= 11 is 0. The monoisotopic (exact) mass is 377 g/mol. The Morgan fingerprint density at radius 1 is 1.11 bits per heavy atom. The van der Waals surface area contributed by atoms with Crippen LogP contribution in [0.25, 0.3) is 22.5 Å². The van der Waals surface area contributed by atoms with E-state index >= 15 is 0 Å². The molecule has 1 aliphatic heterocycles. The Labute approximate surface area is 163 Å². The van der Waals surface area contributed by atoms with E-state index < -0.39 is 0 Å². The van der Waals surface area contributed by atoms with Crippen molar-refractivity contribution in [1.29, 1.82) is 0 Å². The molecule has 6 heteroatoms. The van der Waals surface area contributed by atoms with Crippen molar-refractivity contribution in [2.75, 3.05) is 27.3 Å². The zero-order valence-electron chi connectivity index (χ0n) is 16.3. The molecule has 1 aromatic carbocycles. The summed E-state index contributed by atoms with van der Waals surface area (Å²) in [5.41, 5.74) is 5.44. The number of nitrogens with one attached hydrogen (secondary N) is 1. The number of ether oxygens (including phenoxy) is 2. The first-order valence-corrected chi connectivity index (χ1v) is 9.27. The molecule has 4 rings (SSSR count). The summed E-state index contributed by atoms with van der Waals surface area (Å²) < 4.78 is 12.3. The van der Waals surface area contributed by atoms with E-state index in [-0.39, 0.29) is 5.56 Å². The van der Waals surface area contributed by atoms with E-state index in [0.717, 1.165) is 36.2 Å². The quantitative estimate of drug-likeness (QED) is 0.757. The van der Waals surface area contributed by atoms with Gasteiger partial charge in [-0.3, -0.25) is 9.20 Å². The van der Waals surface area contributed by atoms with E-state index in [1.54, 1.807) is 24.7 Å². The minimum Gasteiger partial charge on any atom is -0.493 e. The van der Waals surface area contributed by atoms with Gasteiger partial charge in [0, 0.05) is 24.4 Å². The SMILES string of the molecule is COc1ccc(-c2cc(=O)n3cc(C4=CCNCC4)c(C)cc3n2)cc1OC. The van der Waals surface area contributed by atoms with Gasteiger partial charge in [0.25, 0.3) is 5.56 Å². The molecular formula is C22H23N3O3. The average Bonchev–Trinajstić information content (AvgIpc) is 2.73. The van der Waals surface area contributed by atoms with Gasteiger partial charge in [-0.25, -0.2) is 4.98 Å². The van der Waals surface area contributed by atoms with Crippen molar-refractivity contribution < 1.29 is 9.47 Å². The molecule has 2 aromatic heterocycles. The highest BCUT2D eigenvalue weighted by Crippen LogP contribution is 2.31. The van der Waals surface area contributed by atoms with Gasteiger partial charge < -0.3 is 14.8 Å². The lowest BCUT2D eigenvalue weighted by atomic mass is 9.98. The van der Waals surface area contributed by atoms with Crippen LogP contribution in [0.1, 0.15) is 17.5 Å². The topological polar surface area (TPSA) is 64.9 Å². The highest BCUT2D eigenvalue weighted by molar-refractivity contribution is 5.71. The normalized spacial score (nSPS) is 14.0. The molecule has 0 aliphatic carbocycles. The number of rotatable bonds is 4. The van der Waals surface area contributed by atoms with Crippen molar-refractivity contribution in [2.45, 2.75) is 13.3 Å². The Morgan fingerprint density at radius 2 is 1.93 bits per heavy atom. The molecule has 0 atom stereocenters. The fraction of sp³-hybridized carbons (Fsp3) is 0.273. The maximum atomic E-state index is 12.8. The van der Waals surface area contributed by atoms with E-state index in [9.17, 15) is 4.79 Å². The Bertz CT molecular complexity index is 1130. The Hall–Kier alpha value is -3.12. The van der Waals surface area contributed by atoms with Crippen molar-refractivity contribution in [1.82, 2.24) is 14.7 Å². The second-order valence-electron chi connectivity index (χ2n) is 6.83. The molecule has 0 amide bonds. The van der Waals surface area contributed by atoms with E-state index in [0.29, 0.717) is 22.8 Å². The molecule has 6 nitrogen and oxygen atoms in total. The van der Waals surface area contributed by atoms with Gasteiger partial charge in [-0.05, 0) is 60.9 Å². The molecule has 0 unspecified atom stereocenters. The van der Waals surface area contributed by atoms with Crippen molar-refractivity contribution in [3.63, 3.8) is 0 Å². The van der Waals surface area contributed by atoms with Crippen molar-refractivity contribution in [2.24, 2.45) is 0 Å². The summed E-state index contributed by atoms with van der Waals surface area (Å²) in [6.45, 7) is 3.88. The number of hydrogen-bond donors (Lipinski definition) is 1. The third-order valence-corrected chi connectivity index (χ3v) is 5.10. The molecule has 28 heavy (non-hydrogen) atoms. The molecule has 0 saturated heterocycles. The second-order valence-corrected chi connectivity index (χ2v) is 6.83. The second kappa shape index (κ2) is 7.48. The minimum absolute atomic E-state index is 0.106. The lowest BCUT2D eigenvalue weighted by molar-refractivity contribution is 0.355. The Morgan fingerprint density at radius 3 is 2.64 bits per heavy atom. The van der Waals surface area contributed by atoms with Gasteiger partial charge in [0.2, 0.25) is 0 Å². The van der Waals surface area contributed by atoms with Crippen LogP contribution in [0.3, 0.4) is 0 Å². The largest absolute Gasteiger partial charge is 0.493 e. The highest BCUT2D eigenvalue weighted by atomic mass is 16.5. The predicted octanol–water partition coefficient (Wildman–Crippen LogP) is 3.06. The fourth-order valence-corrected chi connectivity index (χ4v) is 3.59. The first kappa shape index (κ1) is 18.3. The Balaban J connectivity index is 1.83. The molecule has 3 heterocycles. The molecule has 0 bridgehead atoms. The van der Waals surface area contributed by atoms with Crippen LogP contribution in [-0.4, -0.2) is 36.7 Å². The Kier molecular flexibility index (Phi) is 4.88. The molecule has 1 aliphatic rings. The molecule has 0 saturated carbocycles. The molecule has 0 radical (unpaired) electrons. The zero-order chi connectivity index (χ0) is 19.7. The molecule has 0 spiro atoms. The third kappa shape index (κ3) is 3.27. The smallest absolute Gasteiger partial charge is 0.258 e. The van der Waals surface area contributed by atoms with Gasteiger partial charge >= 0.3 is 0 Å². The number of nitrogens with zero attached hydrogens (tertiary/aromatic N) is 2. The number of pyridine rings is 1. The van der Waals surface area contributed by atoms with E-state index in [4.69, 9.17) is 14.5 Å². The van der Waals surface area contributed by atoms with Gasteiger partial charge in [-0.1, -0.05) is 6.08 Å². The van der Waals surface area contributed by atoms with Gasteiger partial charge in [-0.2, -0.15) is 0 Å². The van der Waals surface area contributed by atoms with Crippen molar-refractivity contribution in [3.8, 4) is 22.8 Å². The summed E-state index contributed by atoms with van der Waals surface area (Å²) in [5, 5.41) is 3.32. The number of methoxy groups -OCH3 is 2. The number of aryl methyl sites for hydroxylation is 1. The molecule has 3 aromatic rings. The van der Waals surface area contributed by atoms with Gasteiger partial charge in [0.05, 0.1) is 19.9 Å².